The van der Waals surface area contributed by atoms with E-state index in [0.717, 1.165) is 16.5 Å². The van der Waals surface area contributed by atoms with Crippen LogP contribution in [0.15, 0.2) is 36.4 Å². The van der Waals surface area contributed by atoms with Crippen LogP contribution in [-0.4, -0.2) is 46.7 Å². The van der Waals surface area contributed by atoms with Gasteiger partial charge in [-0.15, -0.1) is 0 Å². The molecule has 1 atom stereocenters. The van der Waals surface area contributed by atoms with Crippen molar-refractivity contribution in [3.05, 3.63) is 42.0 Å². The molecule has 1 unspecified atom stereocenters. The minimum atomic E-state index is -5.08. The van der Waals surface area contributed by atoms with E-state index in [2.05, 4.69) is 5.32 Å². The first-order valence-electron chi connectivity index (χ1n) is 7.49. The van der Waals surface area contributed by atoms with Gasteiger partial charge in [0.1, 0.15) is 6.04 Å². The second-order valence-electron chi connectivity index (χ2n) is 5.46. The van der Waals surface area contributed by atoms with Gasteiger partial charge in [0.15, 0.2) is 5.78 Å². The minimum absolute atomic E-state index is 0.0292. The number of halogens is 3. The summed E-state index contributed by atoms with van der Waals surface area (Å²) >= 11 is 0. The maximum absolute atomic E-state index is 11.3. The maximum atomic E-state index is 11.3. The molecule has 0 saturated heterocycles. The smallest absolute Gasteiger partial charge is 0.480 e. The van der Waals surface area contributed by atoms with Gasteiger partial charge in [0.2, 0.25) is 0 Å². The lowest BCUT2D eigenvalue weighted by Crippen LogP contribution is -2.36. The molecule has 0 aromatic heterocycles. The first-order chi connectivity index (χ1) is 12.4. The van der Waals surface area contributed by atoms with Crippen molar-refractivity contribution in [2.75, 3.05) is 11.9 Å². The second-order valence-corrected chi connectivity index (χ2v) is 5.46. The molecule has 0 aliphatic carbocycles. The number of rotatable bonds is 5. The van der Waals surface area contributed by atoms with Gasteiger partial charge >= 0.3 is 18.1 Å². The summed E-state index contributed by atoms with van der Waals surface area (Å²) in [7, 11) is 0. The Labute approximate surface area is 151 Å². The number of Topliss-reactive ketones (excluding diaryl/α,β-unsaturated/α-hetero) is 1. The Bertz CT molecular complexity index is 852. The number of carbonyl (C=O) groups is 3. The van der Waals surface area contributed by atoms with Crippen molar-refractivity contribution >= 4 is 34.2 Å². The number of fused-ring (bicyclic) bond motifs is 1. The van der Waals surface area contributed by atoms with Gasteiger partial charge in [0, 0.05) is 17.8 Å². The number of aliphatic carboxylic acids is 2. The molecular formula is C17H17F3N2O5. The molecule has 0 fully saturated rings. The van der Waals surface area contributed by atoms with Crippen LogP contribution in [0.4, 0.5) is 18.9 Å². The Hall–Kier alpha value is -3.14. The van der Waals surface area contributed by atoms with Gasteiger partial charge in [0.25, 0.3) is 0 Å². The Kier molecular flexibility index (Phi) is 7.29. The number of carboxylic acid groups (broad SMARTS) is 2. The fourth-order valence-electron chi connectivity index (χ4n) is 1.89. The standard InChI is InChI=1S/C15H16N2O3.C2HF3O2/c1-9(18)10-2-3-12-7-13(5-4-11(12)6-10)17-8-14(16)15(19)20;3-2(4,5)1(6)7/h2-7,14,17H,8,16H2,1H3,(H,19,20);(H,6,7). The van der Waals surface area contributed by atoms with Crippen LogP contribution in [0.2, 0.25) is 0 Å². The van der Waals surface area contributed by atoms with Gasteiger partial charge in [-0.05, 0) is 35.9 Å². The minimum Gasteiger partial charge on any atom is -0.480 e. The SMILES string of the molecule is CC(=O)c1ccc2cc(NCC(N)C(=O)O)ccc2c1.O=C(O)C(F)(F)F. The van der Waals surface area contributed by atoms with Crippen LogP contribution in [0.5, 0.6) is 0 Å². The van der Waals surface area contributed by atoms with Crippen molar-refractivity contribution in [2.24, 2.45) is 5.73 Å². The maximum Gasteiger partial charge on any atom is 0.490 e. The van der Waals surface area contributed by atoms with E-state index in [0.29, 0.717) is 5.56 Å². The number of nitrogens with two attached hydrogens (primary N) is 1. The fraction of sp³-hybridized carbons (Fsp3) is 0.235. The largest absolute Gasteiger partial charge is 0.490 e. The number of carbonyl (C=O) groups excluding carboxylic acids is 1. The highest BCUT2D eigenvalue weighted by Crippen LogP contribution is 2.21. The molecule has 0 heterocycles. The lowest BCUT2D eigenvalue weighted by Gasteiger charge is -2.10. The van der Waals surface area contributed by atoms with Gasteiger partial charge in [-0.1, -0.05) is 18.2 Å². The van der Waals surface area contributed by atoms with Crippen molar-refractivity contribution in [1.82, 2.24) is 0 Å². The number of alkyl halides is 3. The van der Waals surface area contributed by atoms with E-state index in [1.807, 2.05) is 30.3 Å². The lowest BCUT2D eigenvalue weighted by atomic mass is 10.0. The number of hydrogen-bond acceptors (Lipinski definition) is 5. The molecule has 0 amide bonds. The quantitative estimate of drug-likeness (QED) is 0.581. The Morgan fingerprint density at radius 3 is 2.07 bits per heavy atom. The number of carboxylic acids is 2. The molecule has 0 saturated carbocycles. The molecule has 27 heavy (non-hydrogen) atoms. The average molecular weight is 386 g/mol. The molecule has 2 rings (SSSR count). The molecule has 146 valence electrons. The molecule has 0 aliphatic rings. The summed E-state index contributed by atoms with van der Waals surface area (Å²) in [5, 5.41) is 20.8. The Morgan fingerprint density at radius 1 is 1.07 bits per heavy atom. The number of anilines is 1. The summed E-state index contributed by atoms with van der Waals surface area (Å²) in [5.41, 5.74) is 6.90. The van der Waals surface area contributed by atoms with Gasteiger partial charge < -0.3 is 21.3 Å². The summed E-state index contributed by atoms with van der Waals surface area (Å²) in [5.74, 6) is -3.77. The Balaban J connectivity index is 0.000000445. The fourth-order valence-corrected chi connectivity index (χ4v) is 1.89. The van der Waals surface area contributed by atoms with Crippen molar-refractivity contribution < 1.29 is 37.8 Å². The van der Waals surface area contributed by atoms with Gasteiger partial charge in [-0.3, -0.25) is 9.59 Å². The van der Waals surface area contributed by atoms with Gasteiger partial charge in [-0.2, -0.15) is 13.2 Å². The third-order valence-electron chi connectivity index (χ3n) is 3.33. The number of ketones is 1. The van der Waals surface area contributed by atoms with Crippen LogP contribution >= 0.6 is 0 Å². The first-order valence-corrected chi connectivity index (χ1v) is 7.49. The lowest BCUT2D eigenvalue weighted by molar-refractivity contribution is -0.192. The number of benzene rings is 2. The van der Waals surface area contributed by atoms with E-state index in [4.69, 9.17) is 20.7 Å². The van der Waals surface area contributed by atoms with Crippen LogP contribution in [-0.2, 0) is 9.59 Å². The highest BCUT2D eigenvalue weighted by molar-refractivity contribution is 5.99. The van der Waals surface area contributed by atoms with Crippen molar-refractivity contribution in [3.63, 3.8) is 0 Å². The molecule has 0 spiro atoms. The molecule has 2 aromatic rings. The summed E-state index contributed by atoms with van der Waals surface area (Å²) in [6.07, 6.45) is -5.08. The summed E-state index contributed by atoms with van der Waals surface area (Å²) in [4.78, 5) is 30.8. The number of nitrogens with one attached hydrogen (secondary N) is 1. The average Bonchev–Trinajstić information content (AvgIpc) is 2.58. The van der Waals surface area contributed by atoms with Crippen LogP contribution < -0.4 is 11.1 Å². The summed E-state index contributed by atoms with van der Waals surface area (Å²) in [6.45, 7) is 1.69. The zero-order valence-corrected chi connectivity index (χ0v) is 14.1. The predicted molar refractivity (Wildman–Crippen MR) is 91.7 cm³/mol. The van der Waals surface area contributed by atoms with Crippen LogP contribution in [0, 0.1) is 0 Å². The van der Waals surface area contributed by atoms with E-state index < -0.39 is 24.2 Å². The molecule has 0 aliphatic heterocycles. The van der Waals surface area contributed by atoms with E-state index in [1.165, 1.54) is 6.92 Å². The van der Waals surface area contributed by atoms with Crippen molar-refractivity contribution in [2.45, 2.75) is 19.1 Å². The van der Waals surface area contributed by atoms with Crippen LogP contribution in [0.3, 0.4) is 0 Å². The monoisotopic (exact) mass is 386 g/mol. The summed E-state index contributed by atoms with van der Waals surface area (Å²) < 4.78 is 31.7. The zero-order chi connectivity index (χ0) is 20.8. The van der Waals surface area contributed by atoms with E-state index in [9.17, 15) is 22.8 Å². The first kappa shape index (κ1) is 21.9. The van der Waals surface area contributed by atoms with E-state index in [1.54, 1.807) is 6.07 Å². The molecule has 5 N–H and O–H groups in total. The predicted octanol–water partition coefficient (Wildman–Crippen LogP) is 2.50. The normalized spacial score (nSPS) is 11.9. The van der Waals surface area contributed by atoms with Crippen molar-refractivity contribution in [1.29, 1.82) is 0 Å². The molecule has 2 aromatic carbocycles. The third-order valence-corrected chi connectivity index (χ3v) is 3.33. The summed E-state index contributed by atoms with van der Waals surface area (Å²) in [6, 6.07) is 10.2. The Morgan fingerprint density at radius 2 is 1.59 bits per heavy atom. The topological polar surface area (TPSA) is 130 Å². The third kappa shape index (κ3) is 6.94. The zero-order valence-electron chi connectivity index (χ0n) is 14.1. The van der Waals surface area contributed by atoms with Gasteiger partial charge in [0.05, 0.1) is 0 Å². The highest BCUT2D eigenvalue weighted by atomic mass is 19.4. The van der Waals surface area contributed by atoms with Crippen LogP contribution in [0.1, 0.15) is 17.3 Å². The molecule has 7 nitrogen and oxygen atoms in total. The molecule has 0 bridgehead atoms. The molecule has 10 heteroatoms. The number of hydrogen-bond donors (Lipinski definition) is 4. The second kappa shape index (κ2) is 8.99. The van der Waals surface area contributed by atoms with Crippen molar-refractivity contribution in [3.8, 4) is 0 Å². The van der Waals surface area contributed by atoms with Crippen LogP contribution in [0.25, 0.3) is 10.8 Å². The highest BCUT2D eigenvalue weighted by Gasteiger charge is 2.38. The molecular weight excluding hydrogens is 369 g/mol. The van der Waals surface area contributed by atoms with E-state index >= 15 is 0 Å². The molecule has 0 radical (unpaired) electrons. The van der Waals surface area contributed by atoms with Gasteiger partial charge in [-0.25, -0.2) is 4.79 Å². The van der Waals surface area contributed by atoms with E-state index in [-0.39, 0.29) is 12.3 Å².